The SMILES string of the molecule is COC(=O)[C@H](Cc1ccc(N)cc1)NC(=O)OCC1c2ccccc2-c2ccccc21. The van der Waals surface area contributed by atoms with Crippen molar-refractivity contribution in [2.45, 2.75) is 18.4 Å². The van der Waals surface area contributed by atoms with Gasteiger partial charge in [0.15, 0.2) is 0 Å². The smallest absolute Gasteiger partial charge is 0.407 e. The van der Waals surface area contributed by atoms with E-state index in [2.05, 4.69) is 29.6 Å². The van der Waals surface area contributed by atoms with Gasteiger partial charge in [-0.1, -0.05) is 60.7 Å². The molecule has 1 aliphatic rings. The highest BCUT2D eigenvalue weighted by Crippen LogP contribution is 2.44. The van der Waals surface area contributed by atoms with Gasteiger partial charge in [0.2, 0.25) is 0 Å². The second kappa shape index (κ2) is 8.92. The van der Waals surface area contributed by atoms with Crippen LogP contribution in [-0.2, 0) is 20.7 Å². The fraction of sp³-hybridized carbons (Fsp3) is 0.200. The summed E-state index contributed by atoms with van der Waals surface area (Å²) in [6, 6.07) is 22.5. The Morgan fingerprint density at radius 1 is 0.935 bits per heavy atom. The Morgan fingerprint density at radius 3 is 2.10 bits per heavy atom. The van der Waals surface area contributed by atoms with Crippen LogP contribution in [0.2, 0.25) is 0 Å². The van der Waals surface area contributed by atoms with Gasteiger partial charge in [-0.2, -0.15) is 0 Å². The first-order chi connectivity index (χ1) is 15.1. The zero-order valence-corrected chi connectivity index (χ0v) is 17.2. The van der Waals surface area contributed by atoms with E-state index in [9.17, 15) is 9.59 Å². The van der Waals surface area contributed by atoms with Crippen LogP contribution in [-0.4, -0.2) is 31.8 Å². The summed E-state index contributed by atoms with van der Waals surface area (Å²) in [6.45, 7) is 0.176. The van der Waals surface area contributed by atoms with Crippen molar-refractivity contribution in [1.82, 2.24) is 5.32 Å². The van der Waals surface area contributed by atoms with Crippen LogP contribution in [0.15, 0.2) is 72.8 Å². The van der Waals surface area contributed by atoms with E-state index in [0.29, 0.717) is 5.69 Å². The van der Waals surface area contributed by atoms with Gasteiger partial charge in [-0.25, -0.2) is 9.59 Å². The lowest BCUT2D eigenvalue weighted by Gasteiger charge is -2.18. The monoisotopic (exact) mass is 416 g/mol. The summed E-state index contributed by atoms with van der Waals surface area (Å²) in [5, 5.41) is 2.64. The fourth-order valence-electron chi connectivity index (χ4n) is 4.01. The molecule has 3 aromatic carbocycles. The molecule has 31 heavy (non-hydrogen) atoms. The van der Waals surface area contributed by atoms with E-state index in [-0.39, 0.29) is 18.9 Å². The number of amides is 1. The molecule has 1 amide bonds. The van der Waals surface area contributed by atoms with Crippen molar-refractivity contribution >= 4 is 17.7 Å². The number of nitrogen functional groups attached to an aromatic ring is 1. The van der Waals surface area contributed by atoms with Crippen molar-refractivity contribution in [2.24, 2.45) is 0 Å². The Hall–Kier alpha value is -3.80. The molecule has 4 rings (SSSR count). The molecule has 0 radical (unpaired) electrons. The predicted octanol–water partition coefficient (Wildman–Crippen LogP) is 3.89. The van der Waals surface area contributed by atoms with Crippen molar-refractivity contribution in [3.05, 3.63) is 89.5 Å². The van der Waals surface area contributed by atoms with E-state index in [1.54, 1.807) is 12.1 Å². The van der Waals surface area contributed by atoms with Gasteiger partial charge < -0.3 is 20.5 Å². The molecule has 1 atom stereocenters. The maximum atomic E-state index is 12.5. The van der Waals surface area contributed by atoms with Crippen LogP contribution in [0.25, 0.3) is 11.1 Å². The van der Waals surface area contributed by atoms with Crippen molar-refractivity contribution in [1.29, 1.82) is 0 Å². The Bertz CT molecular complexity index is 1050. The number of anilines is 1. The first-order valence-corrected chi connectivity index (χ1v) is 10.1. The Balaban J connectivity index is 1.44. The molecule has 0 bridgehead atoms. The summed E-state index contributed by atoms with van der Waals surface area (Å²) in [7, 11) is 1.29. The maximum absolute atomic E-state index is 12.5. The summed E-state index contributed by atoms with van der Waals surface area (Å²) < 4.78 is 10.4. The number of nitrogens with two attached hydrogens (primary N) is 1. The first-order valence-electron chi connectivity index (χ1n) is 10.1. The van der Waals surface area contributed by atoms with E-state index >= 15 is 0 Å². The molecule has 0 saturated heterocycles. The molecule has 3 N–H and O–H groups in total. The average molecular weight is 416 g/mol. The van der Waals surface area contributed by atoms with Gasteiger partial charge >= 0.3 is 12.1 Å². The number of fused-ring (bicyclic) bond motifs is 3. The number of esters is 1. The summed E-state index contributed by atoms with van der Waals surface area (Å²) in [6.07, 6.45) is -0.385. The number of hydrogen-bond acceptors (Lipinski definition) is 5. The highest BCUT2D eigenvalue weighted by molar-refractivity contribution is 5.82. The Labute approximate surface area is 181 Å². The molecule has 6 nitrogen and oxygen atoms in total. The van der Waals surface area contributed by atoms with Crippen LogP contribution >= 0.6 is 0 Å². The summed E-state index contributed by atoms with van der Waals surface area (Å²) in [5.74, 6) is -0.586. The first kappa shape index (κ1) is 20.5. The lowest BCUT2D eigenvalue weighted by molar-refractivity contribution is -0.142. The van der Waals surface area contributed by atoms with Crippen LogP contribution in [0, 0.1) is 0 Å². The molecule has 158 valence electrons. The number of hydrogen-bond donors (Lipinski definition) is 2. The summed E-state index contributed by atoms with van der Waals surface area (Å²) in [5.41, 5.74) is 11.8. The zero-order chi connectivity index (χ0) is 21.8. The lowest BCUT2D eigenvalue weighted by atomic mass is 9.98. The number of carbonyl (C=O) groups is 2. The topological polar surface area (TPSA) is 90.6 Å². The molecule has 0 unspecified atom stereocenters. The van der Waals surface area contributed by atoms with Gasteiger partial charge in [0, 0.05) is 18.0 Å². The quantitative estimate of drug-likeness (QED) is 0.470. The third-order valence-electron chi connectivity index (χ3n) is 5.54. The standard InChI is InChI=1S/C25H24N2O4/c1-30-24(28)23(14-16-10-12-17(26)13-11-16)27-25(29)31-15-22-20-8-4-2-6-18(20)19-7-3-5-9-21(19)22/h2-13,22-23H,14-15,26H2,1H3,(H,27,29)/t23-/m0/s1. The molecule has 0 spiro atoms. The van der Waals surface area contributed by atoms with Gasteiger partial charge in [-0.3, -0.25) is 0 Å². The van der Waals surface area contributed by atoms with Gasteiger partial charge in [0.25, 0.3) is 0 Å². The number of benzene rings is 3. The minimum atomic E-state index is -0.857. The molecular weight excluding hydrogens is 392 g/mol. The molecular formula is C25H24N2O4. The van der Waals surface area contributed by atoms with Crippen LogP contribution in [0.4, 0.5) is 10.5 Å². The van der Waals surface area contributed by atoms with E-state index < -0.39 is 18.1 Å². The van der Waals surface area contributed by atoms with Gasteiger partial charge in [-0.15, -0.1) is 0 Å². The molecule has 0 fully saturated rings. The largest absolute Gasteiger partial charge is 0.467 e. The van der Waals surface area contributed by atoms with Gasteiger partial charge in [0.1, 0.15) is 12.6 Å². The zero-order valence-electron chi connectivity index (χ0n) is 17.2. The number of rotatable bonds is 6. The molecule has 6 heteroatoms. The Kier molecular flexibility index (Phi) is 5.89. The number of carbonyl (C=O) groups excluding carboxylic acids is 2. The molecule has 0 heterocycles. The predicted molar refractivity (Wildman–Crippen MR) is 119 cm³/mol. The number of alkyl carbamates (subject to hydrolysis) is 1. The highest BCUT2D eigenvalue weighted by atomic mass is 16.6. The minimum Gasteiger partial charge on any atom is -0.467 e. The maximum Gasteiger partial charge on any atom is 0.407 e. The summed E-state index contributed by atoms with van der Waals surface area (Å²) >= 11 is 0. The fourth-order valence-corrected chi connectivity index (χ4v) is 4.01. The normalized spacial score (nSPS) is 13.1. The minimum absolute atomic E-state index is 0.0492. The van der Waals surface area contributed by atoms with E-state index in [0.717, 1.165) is 27.8 Å². The number of nitrogens with one attached hydrogen (secondary N) is 1. The van der Waals surface area contributed by atoms with Gasteiger partial charge in [0.05, 0.1) is 7.11 Å². The third-order valence-corrected chi connectivity index (χ3v) is 5.54. The van der Waals surface area contributed by atoms with Crippen LogP contribution in [0.3, 0.4) is 0 Å². The van der Waals surface area contributed by atoms with E-state index in [4.69, 9.17) is 15.2 Å². The number of methoxy groups -OCH3 is 1. The second-order valence-electron chi connectivity index (χ2n) is 7.49. The molecule has 0 aromatic heterocycles. The summed E-state index contributed by atoms with van der Waals surface area (Å²) in [4.78, 5) is 24.7. The van der Waals surface area contributed by atoms with E-state index in [1.165, 1.54) is 7.11 Å². The van der Waals surface area contributed by atoms with Crippen molar-refractivity contribution in [3.63, 3.8) is 0 Å². The van der Waals surface area contributed by atoms with Crippen LogP contribution in [0.1, 0.15) is 22.6 Å². The second-order valence-corrected chi connectivity index (χ2v) is 7.49. The van der Waals surface area contributed by atoms with Crippen LogP contribution < -0.4 is 11.1 Å². The average Bonchev–Trinajstić information content (AvgIpc) is 3.12. The van der Waals surface area contributed by atoms with E-state index in [1.807, 2.05) is 36.4 Å². The highest BCUT2D eigenvalue weighted by Gasteiger charge is 2.30. The molecule has 1 aliphatic carbocycles. The molecule has 0 saturated carbocycles. The van der Waals surface area contributed by atoms with Crippen molar-refractivity contribution < 1.29 is 19.1 Å². The third kappa shape index (κ3) is 4.38. The molecule has 3 aromatic rings. The van der Waals surface area contributed by atoms with Crippen molar-refractivity contribution in [3.8, 4) is 11.1 Å². The van der Waals surface area contributed by atoms with Gasteiger partial charge in [-0.05, 0) is 39.9 Å². The van der Waals surface area contributed by atoms with Crippen molar-refractivity contribution in [2.75, 3.05) is 19.5 Å². The number of ether oxygens (including phenoxy) is 2. The van der Waals surface area contributed by atoms with Crippen LogP contribution in [0.5, 0.6) is 0 Å². The lowest BCUT2D eigenvalue weighted by Crippen LogP contribution is -2.43. The molecule has 0 aliphatic heterocycles. The Morgan fingerprint density at radius 2 is 1.52 bits per heavy atom.